The summed E-state index contributed by atoms with van der Waals surface area (Å²) in [6.45, 7) is 3.78. The molecule has 0 radical (unpaired) electrons. The highest BCUT2D eigenvalue weighted by Gasteiger charge is 2.64. The number of amides is 1. The molecule has 1 saturated heterocycles. The van der Waals surface area contributed by atoms with Crippen LogP contribution in [0.3, 0.4) is 0 Å². The minimum atomic E-state index is 0.0217. The maximum atomic E-state index is 10.8. The molecule has 3 aliphatic rings. The molecular weight excluding hydrogens is 218 g/mol. The first-order valence-corrected chi connectivity index (χ1v) is 6.20. The monoisotopic (exact) mass is 233 g/mol. The molecule has 90 valence electrons. The van der Waals surface area contributed by atoms with Gasteiger partial charge in [0, 0.05) is 18.5 Å². The predicted octanol–water partition coefficient (Wildman–Crippen LogP) is 0.851. The summed E-state index contributed by atoms with van der Waals surface area (Å²) in [4.78, 5) is 17.2. The van der Waals surface area contributed by atoms with Gasteiger partial charge in [0.15, 0.2) is 5.82 Å². The molecule has 0 aromatic carbocycles. The molecule has 2 aliphatic carbocycles. The van der Waals surface area contributed by atoms with E-state index >= 15 is 0 Å². The van der Waals surface area contributed by atoms with Gasteiger partial charge in [0.1, 0.15) is 0 Å². The standard InChI is InChI=1S/C12H15N3O2/c1-11(2-3-11)10-13-9(14-17-10)12-4-8(12)5-15(6-12)7-16/h7-8H,2-6H2,1H3. The van der Waals surface area contributed by atoms with Crippen LogP contribution in [0.1, 0.15) is 37.9 Å². The molecule has 1 aromatic rings. The van der Waals surface area contributed by atoms with E-state index in [1.807, 2.05) is 4.90 Å². The average Bonchev–Trinajstić information content (AvgIpc) is 3.11. The van der Waals surface area contributed by atoms with Gasteiger partial charge in [0.05, 0.1) is 5.41 Å². The Morgan fingerprint density at radius 1 is 1.53 bits per heavy atom. The summed E-state index contributed by atoms with van der Waals surface area (Å²) in [7, 11) is 0. The van der Waals surface area contributed by atoms with Crippen LogP contribution in [0, 0.1) is 5.92 Å². The Labute approximate surface area is 99.2 Å². The molecule has 2 saturated carbocycles. The third-order valence-corrected chi connectivity index (χ3v) is 4.71. The van der Waals surface area contributed by atoms with E-state index in [2.05, 4.69) is 17.1 Å². The fourth-order valence-electron chi connectivity index (χ4n) is 3.02. The third kappa shape index (κ3) is 1.17. The van der Waals surface area contributed by atoms with Crippen molar-refractivity contribution < 1.29 is 9.32 Å². The fraction of sp³-hybridized carbons (Fsp3) is 0.750. The van der Waals surface area contributed by atoms with Crippen LogP contribution in [0.2, 0.25) is 0 Å². The lowest BCUT2D eigenvalue weighted by molar-refractivity contribution is -0.117. The van der Waals surface area contributed by atoms with E-state index in [1.165, 1.54) is 0 Å². The number of carbonyl (C=O) groups is 1. The average molecular weight is 233 g/mol. The van der Waals surface area contributed by atoms with Crippen molar-refractivity contribution in [3.63, 3.8) is 0 Å². The quantitative estimate of drug-likeness (QED) is 0.726. The topological polar surface area (TPSA) is 59.2 Å². The Morgan fingerprint density at radius 2 is 2.35 bits per heavy atom. The van der Waals surface area contributed by atoms with Gasteiger partial charge in [0.2, 0.25) is 12.3 Å². The van der Waals surface area contributed by atoms with E-state index in [-0.39, 0.29) is 10.8 Å². The van der Waals surface area contributed by atoms with Crippen molar-refractivity contribution in [2.75, 3.05) is 13.1 Å². The Hall–Kier alpha value is -1.39. The zero-order valence-corrected chi connectivity index (χ0v) is 9.85. The SMILES string of the molecule is CC1(c2nc(C34CC3CN(C=O)C4)no2)CC1. The number of likely N-dealkylation sites (tertiary alicyclic amines) is 1. The molecular formula is C12H15N3O2. The number of hydrogen-bond donors (Lipinski definition) is 0. The van der Waals surface area contributed by atoms with Gasteiger partial charge in [-0.15, -0.1) is 0 Å². The molecule has 0 N–H and O–H groups in total. The Morgan fingerprint density at radius 3 is 3.00 bits per heavy atom. The van der Waals surface area contributed by atoms with Crippen LogP contribution in [-0.2, 0) is 15.6 Å². The maximum Gasteiger partial charge on any atom is 0.232 e. The van der Waals surface area contributed by atoms with E-state index in [4.69, 9.17) is 4.52 Å². The van der Waals surface area contributed by atoms with E-state index in [1.54, 1.807) is 0 Å². The molecule has 5 nitrogen and oxygen atoms in total. The van der Waals surface area contributed by atoms with Gasteiger partial charge in [-0.25, -0.2) is 0 Å². The molecule has 1 amide bonds. The van der Waals surface area contributed by atoms with E-state index in [0.717, 1.165) is 50.5 Å². The van der Waals surface area contributed by atoms with E-state index in [0.29, 0.717) is 5.92 Å². The normalized spacial score (nSPS) is 36.8. The summed E-state index contributed by atoms with van der Waals surface area (Å²) in [5.41, 5.74) is 0.156. The summed E-state index contributed by atoms with van der Waals surface area (Å²) < 4.78 is 5.40. The summed E-state index contributed by atoms with van der Waals surface area (Å²) in [5, 5.41) is 4.16. The molecule has 1 aliphatic heterocycles. The molecule has 2 atom stereocenters. The largest absolute Gasteiger partial charge is 0.344 e. The number of rotatable bonds is 3. The molecule has 1 aromatic heterocycles. The minimum Gasteiger partial charge on any atom is -0.344 e. The minimum absolute atomic E-state index is 0.0217. The highest BCUT2D eigenvalue weighted by Crippen LogP contribution is 2.58. The molecule has 3 fully saturated rings. The summed E-state index contributed by atoms with van der Waals surface area (Å²) in [6, 6.07) is 0. The van der Waals surface area contributed by atoms with Crippen molar-refractivity contribution in [2.24, 2.45) is 5.92 Å². The zero-order valence-electron chi connectivity index (χ0n) is 9.85. The van der Waals surface area contributed by atoms with Crippen molar-refractivity contribution >= 4 is 6.41 Å². The van der Waals surface area contributed by atoms with Crippen LogP contribution < -0.4 is 0 Å². The lowest BCUT2D eigenvalue weighted by atomic mass is 10.1. The van der Waals surface area contributed by atoms with Gasteiger partial charge in [-0.3, -0.25) is 4.79 Å². The first kappa shape index (κ1) is 9.62. The molecule has 2 heterocycles. The number of hydrogen-bond acceptors (Lipinski definition) is 4. The lowest BCUT2D eigenvalue weighted by Gasteiger charge is -2.13. The van der Waals surface area contributed by atoms with Crippen LogP contribution >= 0.6 is 0 Å². The van der Waals surface area contributed by atoms with Gasteiger partial charge in [-0.1, -0.05) is 12.1 Å². The second kappa shape index (κ2) is 2.71. The first-order chi connectivity index (χ1) is 8.16. The second-order valence-corrected chi connectivity index (χ2v) is 6.08. The molecule has 4 rings (SSSR count). The summed E-state index contributed by atoms with van der Waals surface area (Å²) in [5.74, 6) is 2.16. The van der Waals surface area contributed by atoms with Crippen LogP contribution in [0.5, 0.6) is 0 Å². The van der Waals surface area contributed by atoms with Crippen molar-refractivity contribution in [2.45, 2.75) is 37.0 Å². The Kier molecular flexibility index (Phi) is 1.53. The number of nitrogens with zero attached hydrogens (tertiary/aromatic N) is 3. The van der Waals surface area contributed by atoms with E-state index in [9.17, 15) is 4.79 Å². The van der Waals surface area contributed by atoms with Gasteiger partial charge in [-0.2, -0.15) is 4.98 Å². The highest BCUT2D eigenvalue weighted by molar-refractivity contribution is 5.50. The molecule has 17 heavy (non-hydrogen) atoms. The van der Waals surface area contributed by atoms with Crippen molar-refractivity contribution in [1.29, 1.82) is 0 Å². The van der Waals surface area contributed by atoms with Gasteiger partial charge >= 0.3 is 0 Å². The summed E-state index contributed by atoms with van der Waals surface area (Å²) in [6.07, 6.45) is 4.32. The van der Waals surface area contributed by atoms with Crippen molar-refractivity contribution in [3.05, 3.63) is 11.7 Å². The van der Waals surface area contributed by atoms with Crippen LogP contribution in [-0.4, -0.2) is 34.5 Å². The predicted molar refractivity (Wildman–Crippen MR) is 58.3 cm³/mol. The number of carbonyl (C=O) groups excluding carboxylic acids is 1. The molecule has 2 unspecified atom stereocenters. The van der Waals surface area contributed by atoms with Gasteiger partial charge in [0.25, 0.3) is 0 Å². The zero-order chi connectivity index (χ0) is 11.7. The number of aromatic nitrogens is 2. The third-order valence-electron chi connectivity index (χ3n) is 4.71. The van der Waals surface area contributed by atoms with Crippen molar-refractivity contribution in [3.8, 4) is 0 Å². The summed E-state index contributed by atoms with van der Waals surface area (Å²) >= 11 is 0. The molecule has 0 bridgehead atoms. The van der Waals surface area contributed by atoms with Crippen molar-refractivity contribution in [1.82, 2.24) is 15.0 Å². The van der Waals surface area contributed by atoms with Gasteiger partial charge < -0.3 is 9.42 Å². The second-order valence-electron chi connectivity index (χ2n) is 6.08. The first-order valence-electron chi connectivity index (χ1n) is 6.20. The maximum absolute atomic E-state index is 10.8. The Bertz CT molecular complexity index is 494. The highest BCUT2D eigenvalue weighted by atomic mass is 16.5. The van der Waals surface area contributed by atoms with E-state index < -0.39 is 0 Å². The lowest BCUT2D eigenvalue weighted by Crippen LogP contribution is -2.25. The van der Waals surface area contributed by atoms with Gasteiger partial charge in [-0.05, 0) is 25.2 Å². The van der Waals surface area contributed by atoms with Crippen LogP contribution in [0.4, 0.5) is 0 Å². The number of piperidine rings is 1. The molecule has 5 heteroatoms. The fourth-order valence-corrected chi connectivity index (χ4v) is 3.02. The number of fused-ring (bicyclic) bond motifs is 1. The molecule has 0 spiro atoms. The Balaban J connectivity index is 1.64. The van der Waals surface area contributed by atoms with Crippen LogP contribution in [0.15, 0.2) is 4.52 Å². The van der Waals surface area contributed by atoms with Crippen LogP contribution in [0.25, 0.3) is 0 Å². The smallest absolute Gasteiger partial charge is 0.232 e.